The molecule has 2 fully saturated rings. The first-order valence-electron chi connectivity index (χ1n) is 9.86. The standard InChI is InChI=1S/C20H31BrN4O/c1-16(2)13-23-19(26)20(15-24-9-3-4-10-24)7-11-25(12-8-20)18-6-5-17(21)14-22-18/h5-6,14,16H,3-4,7-13,15H2,1-2H3,(H,23,26). The number of pyridine rings is 1. The molecule has 0 radical (unpaired) electrons. The Bertz CT molecular complexity index is 590. The lowest BCUT2D eigenvalue weighted by Gasteiger charge is -2.43. The molecule has 1 aromatic rings. The van der Waals surface area contributed by atoms with E-state index < -0.39 is 0 Å². The predicted octanol–water partition coefficient (Wildman–Crippen LogP) is 3.30. The highest BCUT2D eigenvalue weighted by molar-refractivity contribution is 9.10. The molecule has 0 aromatic carbocycles. The van der Waals surface area contributed by atoms with Crippen LogP contribution in [0.2, 0.25) is 0 Å². The van der Waals surface area contributed by atoms with E-state index in [0.29, 0.717) is 5.92 Å². The quantitative estimate of drug-likeness (QED) is 0.763. The number of piperidine rings is 1. The molecule has 2 aliphatic heterocycles. The minimum absolute atomic E-state index is 0.251. The Morgan fingerprint density at radius 3 is 2.50 bits per heavy atom. The SMILES string of the molecule is CC(C)CNC(=O)C1(CN2CCCC2)CCN(c2ccc(Br)cn2)CC1. The molecule has 3 heterocycles. The number of nitrogens with one attached hydrogen (secondary N) is 1. The molecule has 6 heteroatoms. The second-order valence-corrected chi connectivity index (χ2v) is 9.10. The molecule has 1 N–H and O–H groups in total. The van der Waals surface area contributed by atoms with Gasteiger partial charge in [0.2, 0.25) is 5.91 Å². The molecule has 26 heavy (non-hydrogen) atoms. The number of anilines is 1. The van der Waals surface area contributed by atoms with E-state index in [1.54, 1.807) is 0 Å². The fourth-order valence-corrected chi connectivity index (χ4v) is 4.26. The molecule has 0 saturated carbocycles. The fraction of sp³-hybridized carbons (Fsp3) is 0.700. The fourth-order valence-electron chi connectivity index (χ4n) is 4.03. The molecule has 1 aromatic heterocycles. The Kier molecular flexibility index (Phi) is 6.56. The van der Waals surface area contributed by atoms with Crippen LogP contribution in [0.1, 0.15) is 39.5 Å². The van der Waals surface area contributed by atoms with E-state index in [2.05, 4.69) is 55.9 Å². The summed E-state index contributed by atoms with van der Waals surface area (Å²) in [6, 6.07) is 4.08. The average Bonchev–Trinajstić information content (AvgIpc) is 3.14. The molecule has 3 rings (SSSR count). The van der Waals surface area contributed by atoms with Crippen molar-refractivity contribution in [3.8, 4) is 0 Å². The Hall–Kier alpha value is -1.14. The molecule has 5 nitrogen and oxygen atoms in total. The van der Waals surface area contributed by atoms with Crippen LogP contribution in [0.25, 0.3) is 0 Å². The highest BCUT2D eigenvalue weighted by Crippen LogP contribution is 2.35. The van der Waals surface area contributed by atoms with E-state index >= 15 is 0 Å². The smallest absolute Gasteiger partial charge is 0.227 e. The zero-order valence-corrected chi connectivity index (χ0v) is 17.6. The monoisotopic (exact) mass is 422 g/mol. The normalized spacial score (nSPS) is 20.5. The number of rotatable bonds is 6. The first-order chi connectivity index (χ1) is 12.5. The average molecular weight is 423 g/mol. The first kappa shape index (κ1) is 19.6. The summed E-state index contributed by atoms with van der Waals surface area (Å²) in [5.41, 5.74) is -0.259. The molecule has 0 spiro atoms. The van der Waals surface area contributed by atoms with Crippen molar-refractivity contribution in [2.24, 2.45) is 11.3 Å². The Morgan fingerprint density at radius 2 is 1.92 bits per heavy atom. The third-order valence-corrected chi connectivity index (χ3v) is 6.10. The number of carbonyl (C=O) groups excluding carboxylic acids is 1. The summed E-state index contributed by atoms with van der Waals surface area (Å²) < 4.78 is 0.995. The summed E-state index contributed by atoms with van der Waals surface area (Å²) >= 11 is 3.44. The van der Waals surface area contributed by atoms with Gasteiger partial charge in [-0.1, -0.05) is 13.8 Å². The third-order valence-electron chi connectivity index (χ3n) is 5.63. The van der Waals surface area contributed by atoms with Gasteiger partial charge >= 0.3 is 0 Å². The van der Waals surface area contributed by atoms with Crippen LogP contribution < -0.4 is 10.2 Å². The maximum atomic E-state index is 13.1. The Morgan fingerprint density at radius 1 is 1.23 bits per heavy atom. The van der Waals surface area contributed by atoms with Gasteiger partial charge in [0, 0.05) is 36.8 Å². The maximum absolute atomic E-state index is 13.1. The van der Waals surface area contributed by atoms with Crippen LogP contribution in [0.3, 0.4) is 0 Å². The molecular formula is C20H31BrN4O. The first-order valence-corrected chi connectivity index (χ1v) is 10.6. The van der Waals surface area contributed by atoms with Crippen LogP contribution in [0.5, 0.6) is 0 Å². The summed E-state index contributed by atoms with van der Waals surface area (Å²) in [6.07, 6.45) is 6.16. The summed E-state index contributed by atoms with van der Waals surface area (Å²) in [6.45, 7) is 10.0. The van der Waals surface area contributed by atoms with Crippen molar-refractivity contribution >= 4 is 27.7 Å². The number of amides is 1. The van der Waals surface area contributed by atoms with Gasteiger partial charge in [-0.05, 0) is 72.8 Å². The summed E-state index contributed by atoms with van der Waals surface area (Å²) in [4.78, 5) is 22.4. The van der Waals surface area contributed by atoms with Gasteiger partial charge in [0.05, 0.1) is 5.41 Å². The predicted molar refractivity (Wildman–Crippen MR) is 109 cm³/mol. The molecule has 1 amide bonds. The number of aromatic nitrogens is 1. The zero-order chi connectivity index (χ0) is 18.6. The van der Waals surface area contributed by atoms with Crippen LogP contribution >= 0.6 is 15.9 Å². The van der Waals surface area contributed by atoms with Gasteiger partial charge in [-0.2, -0.15) is 0 Å². The van der Waals surface area contributed by atoms with Gasteiger partial charge in [-0.3, -0.25) is 4.79 Å². The second-order valence-electron chi connectivity index (χ2n) is 8.19. The van der Waals surface area contributed by atoms with E-state index in [1.807, 2.05) is 12.3 Å². The van der Waals surface area contributed by atoms with Crippen molar-refractivity contribution in [3.63, 3.8) is 0 Å². The van der Waals surface area contributed by atoms with Crippen LogP contribution in [0.15, 0.2) is 22.8 Å². The molecule has 0 bridgehead atoms. The lowest BCUT2D eigenvalue weighted by Crippen LogP contribution is -2.54. The van der Waals surface area contributed by atoms with Gasteiger partial charge < -0.3 is 15.1 Å². The number of hydrogen-bond donors (Lipinski definition) is 1. The number of hydrogen-bond acceptors (Lipinski definition) is 4. The molecular weight excluding hydrogens is 392 g/mol. The van der Waals surface area contributed by atoms with Gasteiger partial charge in [-0.25, -0.2) is 4.98 Å². The molecule has 2 saturated heterocycles. The van der Waals surface area contributed by atoms with E-state index in [1.165, 1.54) is 12.8 Å². The minimum atomic E-state index is -0.259. The molecule has 0 unspecified atom stereocenters. The molecule has 0 atom stereocenters. The van der Waals surface area contributed by atoms with Crippen molar-refractivity contribution in [1.82, 2.24) is 15.2 Å². The highest BCUT2D eigenvalue weighted by atomic mass is 79.9. The summed E-state index contributed by atoms with van der Waals surface area (Å²) in [5, 5.41) is 3.22. The van der Waals surface area contributed by atoms with Crippen LogP contribution in [-0.2, 0) is 4.79 Å². The molecule has 0 aliphatic carbocycles. The summed E-state index contributed by atoms with van der Waals surface area (Å²) in [5.74, 6) is 1.74. The lowest BCUT2D eigenvalue weighted by molar-refractivity contribution is -0.133. The van der Waals surface area contributed by atoms with Gasteiger partial charge in [0.25, 0.3) is 0 Å². The maximum Gasteiger partial charge on any atom is 0.227 e. The van der Waals surface area contributed by atoms with Crippen LogP contribution in [0, 0.1) is 11.3 Å². The van der Waals surface area contributed by atoms with E-state index in [-0.39, 0.29) is 11.3 Å². The lowest BCUT2D eigenvalue weighted by atomic mass is 9.76. The minimum Gasteiger partial charge on any atom is -0.357 e. The Labute approximate surface area is 165 Å². The van der Waals surface area contributed by atoms with Crippen molar-refractivity contribution in [1.29, 1.82) is 0 Å². The van der Waals surface area contributed by atoms with Gasteiger partial charge in [0.15, 0.2) is 0 Å². The third kappa shape index (κ3) is 4.77. The van der Waals surface area contributed by atoms with Crippen molar-refractivity contribution in [3.05, 3.63) is 22.8 Å². The number of likely N-dealkylation sites (tertiary alicyclic amines) is 1. The van der Waals surface area contributed by atoms with Crippen molar-refractivity contribution in [2.75, 3.05) is 44.2 Å². The van der Waals surface area contributed by atoms with E-state index in [4.69, 9.17) is 0 Å². The van der Waals surface area contributed by atoms with Crippen LogP contribution in [-0.4, -0.2) is 55.1 Å². The highest BCUT2D eigenvalue weighted by Gasteiger charge is 2.43. The number of nitrogens with zero attached hydrogens (tertiary/aromatic N) is 3. The van der Waals surface area contributed by atoms with Crippen molar-refractivity contribution in [2.45, 2.75) is 39.5 Å². The second kappa shape index (κ2) is 8.70. The van der Waals surface area contributed by atoms with Crippen molar-refractivity contribution < 1.29 is 4.79 Å². The van der Waals surface area contributed by atoms with Gasteiger partial charge in [0.1, 0.15) is 5.82 Å². The van der Waals surface area contributed by atoms with E-state index in [0.717, 1.165) is 62.4 Å². The summed E-state index contributed by atoms with van der Waals surface area (Å²) in [7, 11) is 0. The molecule has 2 aliphatic rings. The van der Waals surface area contributed by atoms with Gasteiger partial charge in [-0.15, -0.1) is 0 Å². The number of halogens is 1. The molecule has 144 valence electrons. The number of carbonyl (C=O) groups is 1. The largest absolute Gasteiger partial charge is 0.357 e. The topological polar surface area (TPSA) is 48.5 Å². The van der Waals surface area contributed by atoms with E-state index in [9.17, 15) is 4.79 Å². The Balaban J connectivity index is 1.68. The zero-order valence-electron chi connectivity index (χ0n) is 16.0. The van der Waals surface area contributed by atoms with Crippen LogP contribution in [0.4, 0.5) is 5.82 Å².